The summed E-state index contributed by atoms with van der Waals surface area (Å²) in [6.45, 7) is 8.85. The van der Waals surface area contributed by atoms with Gasteiger partial charge in [-0.05, 0) is 31.9 Å². The zero-order valence-electron chi connectivity index (χ0n) is 17.3. The van der Waals surface area contributed by atoms with Crippen LogP contribution >= 0.6 is 24.0 Å². The van der Waals surface area contributed by atoms with Crippen molar-refractivity contribution in [3.8, 4) is 0 Å². The fourth-order valence-electron chi connectivity index (χ4n) is 3.05. The van der Waals surface area contributed by atoms with Crippen LogP contribution in [0.3, 0.4) is 0 Å². The lowest BCUT2D eigenvalue weighted by Crippen LogP contribution is -2.40. The molecule has 0 saturated carbocycles. The van der Waals surface area contributed by atoms with Gasteiger partial charge in [0.15, 0.2) is 15.8 Å². The number of benzene rings is 1. The summed E-state index contributed by atoms with van der Waals surface area (Å²) in [6, 6.07) is 9.31. The second kappa shape index (κ2) is 15.0. The maximum Gasteiger partial charge on any atom is 0.191 e. The number of hydrogen-bond acceptors (Lipinski definition) is 5. The number of rotatable bonds is 11. The Morgan fingerprint density at radius 2 is 1.86 bits per heavy atom. The van der Waals surface area contributed by atoms with Crippen molar-refractivity contribution in [1.82, 2.24) is 15.5 Å². The van der Waals surface area contributed by atoms with Crippen molar-refractivity contribution in [2.45, 2.75) is 25.5 Å². The van der Waals surface area contributed by atoms with E-state index in [-0.39, 0.29) is 35.5 Å². The molecule has 29 heavy (non-hydrogen) atoms. The van der Waals surface area contributed by atoms with Crippen molar-refractivity contribution in [1.29, 1.82) is 0 Å². The first-order valence-corrected chi connectivity index (χ1v) is 12.0. The molecule has 0 atom stereocenters. The minimum Gasteiger partial charge on any atom is -0.379 e. The molecule has 2 N–H and O–H groups in total. The van der Waals surface area contributed by atoms with Gasteiger partial charge in [0.2, 0.25) is 0 Å². The number of hydrogen-bond donors (Lipinski definition) is 2. The van der Waals surface area contributed by atoms with Crippen molar-refractivity contribution < 1.29 is 13.2 Å². The van der Waals surface area contributed by atoms with Gasteiger partial charge in [-0.25, -0.2) is 8.42 Å². The number of nitrogens with one attached hydrogen (secondary N) is 2. The Kier molecular flexibility index (Phi) is 13.5. The zero-order chi connectivity index (χ0) is 20.1. The number of sulfone groups is 1. The molecule has 166 valence electrons. The first-order chi connectivity index (χ1) is 13.6. The maximum atomic E-state index is 12.2. The Morgan fingerprint density at radius 1 is 1.14 bits per heavy atom. The fraction of sp³-hybridized carbons (Fsp3) is 0.650. The summed E-state index contributed by atoms with van der Waals surface area (Å²) in [5, 5.41) is 6.54. The monoisotopic (exact) mass is 538 g/mol. The van der Waals surface area contributed by atoms with Crippen molar-refractivity contribution in [2.24, 2.45) is 4.99 Å². The van der Waals surface area contributed by atoms with Crippen molar-refractivity contribution in [3.63, 3.8) is 0 Å². The average molecular weight is 538 g/mol. The molecule has 1 aromatic rings. The van der Waals surface area contributed by atoms with Crippen molar-refractivity contribution in [3.05, 3.63) is 35.9 Å². The van der Waals surface area contributed by atoms with E-state index in [4.69, 9.17) is 4.74 Å². The molecule has 9 heteroatoms. The number of guanidine groups is 1. The van der Waals surface area contributed by atoms with Gasteiger partial charge in [-0.3, -0.25) is 9.89 Å². The van der Waals surface area contributed by atoms with Crippen LogP contribution in [-0.4, -0.2) is 77.5 Å². The van der Waals surface area contributed by atoms with Crippen LogP contribution in [0, 0.1) is 0 Å². The van der Waals surface area contributed by atoms with Crippen molar-refractivity contribution in [2.75, 3.05) is 58.2 Å². The molecule has 0 amide bonds. The highest BCUT2D eigenvalue weighted by Gasteiger charge is 2.12. The molecule has 7 nitrogen and oxygen atoms in total. The first kappa shape index (κ1) is 26.1. The van der Waals surface area contributed by atoms with Crippen LogP contribution in [0.5, 0.6) is 0 Å². The minimum atomic E-state index is -3.10. The number of ether oxygens (including phenoxy) is 1. The molecule has 0 unspecified atom stereocenters. The van der Waals surface area contributed by atoms with E-state index >= 15 is 0 Å². The van der Waals surface area contributed by atoms with Gasteiger partial charge in [-0.2, -0.15) is 0 Å². The first-order valence-electron chi connectivity index (χ1n) is 10.2. The zero-order valence-corrected chi connectivity index (χ0v) is 20.5. The molecule has 0 bridgehead atoms. The quantitative estimate of drug-likeness (QED) is 0.194. The summed E-state index contributed by atoms with van der Waals surface area (Å²) in [5.41, 5.74) is 0.835. The molecular weight excluding hydrogens is 503 g/mol. The van der Waals surface area contributed by atoms with E-state index < -0.39 is 9.84 Å². The summed E-state index contributed by atoms with van der Waals surface area (Å²) >= 11 is 0. The van der Waals surface area contributed by atoms with Gasteiger partial charge < -0.3 is 15.4 Å². The second-order valence-electron chi connectivity index (χ2n) is 6.93. The van der Waals surface area contributed by atoms with E-state index in [0.717, 1.165) is 63.9 Å². The van der Waals surface area contributed by atoms with E-state index in [9.17, 15) is 8.42 Å². The largest absolute Gasteiger partial charge is 0.379 e. The van der Waals surface area contributed by atoms with Crippen LogP contribution in [0.4, 0.5) is 0 Å². The van der Waals surface area contributed by atoms with Crippen LogP contribution in [0.1, 0.15) is 25.3 Å². The fourth-order valence-corrected chi connectivity index (χ4v) is 4.47. The Morgan fingerprint density at radius 3 is 2.55 bits per heavy atom. The third-order valence-corrected chi connectivity index (χ3v) is 6.19. The summed E-state index contributed by atoms with van der Waals surface area (Å²) in [5.74, 6) is 1.00. The van der Waals surface area contributed by atoms with E-state index in [1.54, 1.807) is 0 Å². The van der Waals surface area contributed by atoms with Gasteiger partial charge in [0.05, 0.1) is 24.7 Å². The number of halogens is 1. The summed E-state index contributed by atoms with van der Waals surface area (Å²) < 4.78 is 29.8. The van der Waals surface area contributed by atoms with E-state index in [0.29, 0.717) is 13.0 Å². The van der Waals surface area contributed by atoms with Crippen LogP contribution < -0.4 is 10.6 Å². The minimum absolute atomic E-state index is 0. The predicted octanol–water partition coefficient (Wildman–Crippen LogP) is 1.89. The highest BCUT2D eigenvalue weighted by atomic mass is 127. The van der Waals surface area contributed by atoms with Crippen LogP contribution in [0.2, 0.25) is 0 Å². The van der Waals surface area contributed by atoms with E-state index in [2.05, 4.69) is 20.5 Å². The van der Waals surface area contributed by atoms with Crippen molar-refractivity contribution >= 4 is 39.8 Å². The molecule has 1 aliphatic heterocycles. The Hall–Kier alpha value is -0.910. The van der Waals surface area contributed by atoms with Gasteiger partial charge in [0.25, 0.3) is 0 Å². The third kappa shape index (κ3) is 11.8. The standard InChI is InChI=1S/C20H34N4O3S.HI/c1-2-21-20(22-10-6-12-24-13-15-27-16-14-24)23-11-7-17-28(25,26)18-19-8-4-3-5-9-19;/h3-5,8-9H,2,6-7,10-18H2,1H3,(H2,21,22,23);1H. The van der Waals surface area contributed by atoms with Gasteiger partial charge in [0.1, 0.15) is 0 Å². The summed E-state index contributed by atoms with van der Waals surface area (Å²) in [7, 11) is -3.10. The molecule has 1 aromatic carbocycles. The lowest BCUT2D eigenvalue weighted by molar-refractivity contribution is 0.0376. The van der Waals surface area contributed by atoms with Crippen LogP contribution in [0.15, 0.2) is 35.3 Å². The predicted molar refractivity (Wildman–Crippen MR) is 130 cm³/mol. The SMILES string of the molecule is CCNC(=NCCCS(=O)(=O)Cc1ccccc1)NCCCN1CCOCC1.I. The Balaban J connectivity index is 0.00000420. The van der Waals surface area contributed by atoms with Crippen LogP contribution in [-0.2, 0) is 20.3 Å². The van der Waals surface area contributed by atoms with Crippen LogP contribution in [0.25, 0.3) is 0 Å². The number of aliphatic imine (C=N–C) groups is 1. The Bertz CT molecular complexity index is 680. The highest BCUT2D eigenvalue weighted by Crippen LogP contribution is 2.07. The highest BCUT2D eigenvalue weighted by molar-refractivity contribution is 14.0. The van der Waals surface area contributed by atoms with Gasteiger partial charge in [-0.1, -0.05) is 30.3 Å². The molecular formula is C20H35IN4O3S. The third-order valence-electron chi connectivity index (χ3n) is 4.50. The summed E-state index contributed by atoms with van der Waals surface area (Å²) in [4.78, 5) is 6.91. The molecule has 1 aliphatic rings. The lowest BCUT2D eigenvalue weighted by atomic mass is 10.2. The molecule has 1 saturated heterocycles. The second-order valence-corrected chi connectivity index (χ2v) is 9.11. The molecule has 2 rings (SSSR count). The number of morpholine rings is 1. The molecule has 0 aromatic heterocycles. The van der Waals surface area contributed by atoms with Gasteiger partial charge in [-0.15, -0.1) is 24.0 Å². The van der Waals surface area contributed by atoms with E-state index in [1.807, 2.05) is 37.3 Å². The van der Waals surface area contributed by atoms with Gasteiger partial charge >= 0.3 is 0 Å². The lowest BCUT2D eigenvalue weighted by Gasteiger charge is -2.26. The molecule has 0 radical (unpaired) electrons. The number of nitrogens with zero attached hydrogens (tertiary/aromatic N) is 2. The maximum absolute atomic E-state index is 12.2. The normalized spacial score (nSPS) is 15.6. The van der Waals surface area contributed by atoms with E-state index in [1.165, 1.54) is 0 Å². The average Bonchev–Trinajstić information content (AvgIpc) is 2.69. The summed E-state index contributed by atoms with van der Waals surface area (Å²) in [6.07, 6.45) is 1.56. The Labute approximate surface area is 192 Å². The molecule has 0 spiro atoms. The molecule has 0 aliphatic carbocycles. The molecule has 1 heterocycles. The topological polar surface area (TPSA) is 83.0 Å². The molecule has 1 fully saturated rings. The smallest absolute Gasteiger partial charge is 0.191 e. The van der Waals surface area contributed by atoms with Gasteiger partial charge in [0, 0.05) is 32.7 Å².